The molecule has 0 spiro atoms. The fraction of sp³-hybridized carbons (Fsp3) is 0.100. The van der Waals surface area contributed by atoms with Crippen molar-refractivity contribution in [1.29, 1.82) is 0 Å². The number of hydrogen-bond acceptors (Lipinski definition) is 2. The third-order valence-corrected chi connectivity index (χ3v) is 6.45. The van der Waals surface area contributed by atoms with E-state index < -0.39 is 0 Å². The van der Waals surface area contributed by atoms with Gasteiger partial charge in [-0.1, -0.05) is 84.4 Å². The topological polar surface area (TPSA) is 33.5 Å². The van der Waals surface area contributed by atoms with Gasteiger partial charge in [0.15, 0.2) is 0 Å². The van der Waals surface area contributed by atoms with Crippen molar-refractivity contribution in [3.05, 3.63) is 124 Å². The van der Waals surface area contributed by atoms with E-state index in [2.05, 4.69) is 41.9 Å². The predicted octanol–water partition coefficient (Wildman–Crippen LogP) is 8.30. The molecule has 0 bridgehead atoms. The van der Waals surface area contributed by atoms with E-state index in [1.54, 1.807) is 4.90 Å². The highest BCUT2D eigenvalue weighted by atomic mass is 79.9. The lowest BCUT2D eigenvalue weighted by Gasteiger charge is -2.21. The second-order valence-corrected chi connectivity index (χ2v) is 9.51. The molecule has 0 fully saturated rings. The van der Waals surface area contributed by atoms with E-state index in [0.717, 1.165) is 32.7 Å². The molecule has 34 heavy (non-hydrogen) atoms. The van der Waals surface area contributed by atoms with Gasteiger partial charge in [0, 0.05) is 21.3 Å². The number of nitrogens with zero attached hydrogens (tertiary/aromatic N) is 1. The molecular weight excluding hydrogens is 486 g/mol. The Morgan fingerprint density at radius 3 is 2.21 bits per heavy atom. The largest absolute Gasteiger partial charge is 0.457 e. The molecule has 168 valence electrons. The lowest BCUT2D eigenvalue weighted by Crippen LogP contribution is -2.24. The minimum absolute atomic E-state index is 0.0715. The Kier molecular flexibility index (Phi) is 6.08. The van der Waals surface area contributed by atoms with Crippen molar-refractivity contribution in [3.63, 3.8) is 0 Å². The Bertz CT molecular complexity index is 1380. The number of amides is 1. The number of benzene rings is 3. The summed E-state index contributed by atoms with van der Waals surface area (Å²) in [5.41, 5.74) is 5.51. The van der Waals surface area contributed by atoms with Gasteiger partial charge in [0.25, 0.3) is 5.91 Å². The van der Waals surface area contributed by atoms with E-state index in [1.165, 1.54) is 5.56 Å². The second-order valence-electron chi connectivity index (χ2n) is 8.59. The van der Waals surface area contributed by atoms with Crippen LogP contribution in [0.2, 0.25) is 0 Å². The van der Waals surface area contributed by atoms with Crippen molar-refractivity contribution < 1.29 is 9.21 Å². The maximum absolute atomic E-state index is 13.6. The van der Waals surface area contributed by atoms with Crippen LogP contribution in [0.1, 0.15) is 36.7 Å². The zero-order valence-corrected chi connectivity index (χ0v) is 20.6. The number of carbonyl (C=O) groups is 1. The fourth-order valence-electron chi connectivity index (χ4n) is 4.05. The zero-order chi connectivity index (χ0) is 23.7. The summed E-state index contributed by atoms with van der Waals surface area (Å²) in [5.74, 6) is 1.76. The van der Waals surface area contributed by atoms with Crippen LogP contribution in [-0.4, -0.2) is 5.91 Å². The summed E-state index contributed by atoms with van der Waals surface area (Å²) in [6.07, 6.45) is 3.76. The number of furan rings is 1. The molecular formula is C30H24BrNO2. The van der Waals surface area contributed by atoms with Crippen LogP contribution in [-0.2, 0) is 4.79 Å². The Labute approximate surface area is 208 Å². The summed E-state index contributed by atoms with van der Waals surface area (Å²) < 4.78 is 7.07. The number of hydrogen-bond donors (Lipinski definition) is 0. The van der Waals surface area contributed by atoms with Gasteiger partial charge in [-0.15, -0.1) is 0 Å². The molecule has 4 aromatic rings. The van der Waals surface area contributed by atoms with Crippen LogP contribution in [0, 0.1) is 0 Å². The molecule has 0 radical (unpaired) electrons. The number of halogens is 1. The van der Waals surface area contributed by atoms with Gasteiger partial charge in [0.1, 0.15) is 11.5 Å². The third-order valence-electron chi connectivity index (χ3n) is 5.92. The first-order valence-electron chi connectivity index (χ1n) is 11.3. The molecule has 0 saturated carbocycles. The summed E-state index contributed by atoms with van der Waals surface area (Å²) in [4.78, 5) is 15.4. The number of carbonyl (C=O) groups excluding carboxylic acids is 1. The summed E-state index contributed by atoms with van der Waals surface area (Å²) in [6, 6.07) is 30.0. The molecule has 1 aliphatic heterocycles. The predicted molar refractivity (Wildman–Crippen MR) is 142 cm³/mol. The maximum Gasteiger partial charge on any atom is 0.263 e. The molecule has 3 aromatic carbocycles. The van der Waals surface area contributed by atoms with E-state index in [9.17, 15) is 4.79 Å². The Hall–Kier alpha value is -3.63. The highest BCUT2D eigenvalue weighted by molar-refractivity contribution is 9.10. The van der Waals surface area contributed by atoms with Crippen molar-refractivity contribution in [3.8, 4) is 11.3 Å². The molecule has 4 heteroatoms. The Balaban J connectivity index is 1.52. The standard InChI is InChI=1S/C30H24BrNO2/c1-20(2)21-10-14-26(15-11-21)32-28(22-6-4-3-5-7-22)19-24(30(32)33)18-27-16-17-29(34-27)23-8-12-25(31)13-9-23/h3-20H,1-2H3/b24-18+. The first-order chi connectivity index (χ1) is 16.5. The first-order valence-corrected chi connectivity index (χ1v) is 12.1. The molecule has 1 aromatic heterocycles. The minimum atomic E-state index is -0.0715. The van der Waals surface area contributed by atoms with Crippen molar-refractivity contribution in [2.24, 2.45) is 0 Å². The monoisotopic (exact) mass is 509 g/mol. The Morgan fingerprint density at radius 2 is 1.53 bits per heavy atom. The zero-order valence-electron chi connectivity index (χ0n) is 19.0. The van der Waals surface area contributed by atoms with E-state index in [4.69, 9.17) is 4.42 Å². The smallest absolute Gasteiger partial charge is 0.263 e. The number of anilines is 1. The van der Waals surface area contributed by atoms with Gasteiger partial charge in [-0.2, -0.15) is 0 Å². The van der Waals surface area contributed by atoms with E-state index >= 15 is 0 Å². The van der Waals surface area contributed by atoms with E-state index in [1.807, 2.05) is 91.0 Å². The molecule has 5 rings (SSSR count). The average Bonchev–Trinajstić information content (AvgIpc) is 3.45. The Morgan fingerprint density at radius 1 is 0.824 bits per heavy atom. The molecule has 1 aliphatic rings. The van der Waals surface area contributed by atoms with E-state index in [-0.39, 0.29) is 5.91 Å². The van der Waals surface area contributed by atoms with Gasteiger partial charge in [-0.3, -0.25) is 9.69 Å². The molecule has 3 nitrogen and oxygen atoms in total. The van der Waals surface area contributed by atoms with Gasteiger partial charge < -0.3 is 4.42 Å². The van der Waals surface area contributed by atoms with Gasteiger partial charge in [0.05, 0.1) is 5.70 Å². The first kappa shape index (κ1) is 22.2. The second kappa shape index (κ2) is 9.32. The highest BCUT2D eigenvalue weighted by Crippen LogP contribution is 2.36. The molecule has 2 heterocycles. The van der Waals surface area contributed by atoms with Crippen LogP contribution in [0.25, 0.3) is 23.1 Å². The van der Waals surface area contributed by atoms with Crippen molar-refractivity contribution in [1.82, 2.24) is 0 Å². The van der Waals surface area contributed by atoms with Crippen molar-refractivity contribution in [2.75, 3.05) is 4.90 Å². The van der Waals surface area contributed by atoms with Crippen molar-refractivity contribution >= 4 is 39.3 Å². The molecule has 0 N–H and O–H groups in total. The highest BCUT2D eigenvalue weighted by Gasteiger charge is 2.30. The minimum Gasteiger partial charge on any atom is -0.457 e. The molecule has 0 unspecified atom stereocenters. The molecule has 0 atom stereocenters. The SMILES string of the molecule is CC(C)c1ccc(N2C(=O)/C(=C/c3ccc(-c4ccc(Br)cc4)o3)C=C2c2ccccc2)cc1. The van der Waals surface area contributed by atoms with Gasteiger partial charge in [-0.05, 0) is 65.6 Å². The van der Waals surface area contributed by atoms with Crippen LogP contribution in [0.15, 0.2) is 112 Å². The summed E-state index contributed by atoms with van der Waals surface area (Å²) in [6.45, 7) is 4.33. The van der Waals surface area contributed by atoms with Crippen LogP contribution in [0.4, 0.5) is 5.69 Å². The third kappa shape index (κ3) is 4.42. The maximum atomic E-state index is 13.6. The average molecular weight is 510 g/mol. The molecule has 0 saturated heterocycles. The summed E-state index contributed by atoms with van der Waals surface area (Å²) in [5, 5.41) is 0. The number of rotatable bonds is 5. The van der Waals surface area contributed by atoms with Gasteiger partial charge in [-0.25, -0.2) is 0 Å². The summed E-state index contributed by atoms with van der Waals surface area (Å²) in [7, 11) is 0. The quantitative estimate of drug-likeness (QED) is 0.253. The van der Waals surface area contributed by atoms with Crippen LogP contribution in [0.3, 0.4) is 0 Å². The van der Waals surface area contributed by atoms with Crippen LogP contribution in [0.5, 0.6) is 0 Å². The van der Waals surface area contributed by atoms with E-state index in [0.29, 0.717) is 17.3 Å². The van der Waals surface area contributed by atoms with Gasteiger partial charge >= 0.3 is 0 Å². The molecule has 1 amide bonds. The van der Waals surface area contributed by atoms with Crippen molar-refractivity contribution in [2.45, 2.75) is 19.8 Å². The lowest BCUT2D eigenvalue weighted by atomic mass is 10.0. The normalized spacial score (nSPS) is 14.8. The fourth-order valence-corrected chi connectivity index (χ4v) is 4.32. The summed E-state index contributed by atoms with van der Waals surface area (Å²) >= 11 is 3.46. The van der Waals surface area contributed by atoms with Crippen LogP contribution < -0.4 is 4.90 Å². The molecule has 0 aliphatic carbocycles. The lowest BCUT2D eigenvalue weighted by molar-refractivity contribution is -0.113. The van der Waals surface area contributed by atoms with Gasteiger partial charge in [0.2, 0.25) is 0 Å². The van der Waals surface area contributed by atoms with Crippen LogP contribution >= 0.6 is 15.9 Å².